The summed E-state index contributed by atoms with van der Waals surface area (Å²) in [6, 6.07) is 3.94. The number of carbonyl (C=O) groups is 1. The zero-order valence-corrected chi connectivity index (χ0v) is 10.6. The van der Waals surface area contributed by atoms with Gasteiger partial charge < -0.3 is 9.64 Å². The first kappa shape index (κ1) is 12.0. The Morgan fingerprint density at radius 3 is 2.65 bits per heavy atom. The van der Waals surface area contributed by atoms with Crippen LogP contribution in [0.4, 0.5) is 5.69 Å². The van der Waals surface area contributed by atoms with Gasteiger partial charge in [0.25, 0.3) is 5.91 Å². The van der Waals surface area contributed by atoms with Crippen LogP contribution < -0.4 is 4.90 Å². The molecule has 0 atom stereocenters. The zero-order chi connectivity index (χ0) is 12.5. The Morgan fingerprint density at radius 2 is 2.12 bits per heavy atom. The Bertz CT molecular complexity index is 406. The van der Waals surface area contributed by atoms with E-state index in [1.165, 1.54) is 0 Å². The van der Waals surface area contributed by atoms with Crippen LogP contribution in [0.2, 0.25) is 0 Å². The van der Waals surface area contributed by atoms with Crippen molar-refractivity contribution in [1.29, 1.82) is 0 Å². The van der Waals surface area contributed by atoms with Gasteiger partial charge in [0.1, 0.15) is 6.61 Å². The molecule has 1 amide bonds. The summed E-state index contributed by atoms with van der Waals surface area (Å²) < 4.78 is 5.10. The fourth-order valence-electron chi connectivity index (χ4n) is 1.78. The molecule has 92 valence electrons. The molecule has 0 bridgehead atoms. The molecule has 1 aromatic rings. The van der Waals surface area contributed by atoms with Crippen molar-refractivity contribution in [3.05, 3.63) is 24.0 Å². The molecule has 1 saturated heterocycles. The lowest BCUT2D eigenvalue weighted by molar-refractivity contribution is -0.125. The molecule has 0 aromatic carbocycles. The number of rotatable bonds is 1. The maximum absolute atomic E-state index is 11.6. The maximum Gasteiger partial charge on any atom is 0.253 e. The molecule has 0 N–H and O–H groups in total. The molecule has 2 rings (SSSR count). The Hall–Kier alpha value is -1.42. The van der Waals surface area contributed by atoms with Crippen LogP contribution in [0.3, 0.4) is 0 Å². The molecule has 2 heterocycles. The number of nitrogens with zero attached hydrogens (tertiary/aromatic N) is 2. The van der Waals surface area contributed by atoms with Gasteiger partial charge in [0.15, 0.2) is 0 Å². The van der Waals surface area contributed by atoms with Crippen LogP contribution in [0.25, 0.3) is 0 Å². The number of ether oxygens (including phenoxy) is 1. The third-order valence-electron chi connectivity index (χ3n) is 2.81. The first-order valence-corrected chi connectivity index (χ1v) is 5.83. The predicted octanol–water partition coefficient (Wildman–Crippen LogP) is 1.74. The van der Waals surface area contributed by atoms with Crippen molar-refractivity contribution in [2.24, 2.45) is 0 Å². The lowest BCUT2D eigenvalue weighted by atomic mass is 9.92. The van der Waals surface area contributed by atoms with Crippen LogP contribution in [0.15, 0.2) is 18.3 Å². The molecule has 4 nitrogen and oxygen atoms in total. The minimum absolute atomic E-state index is 0.00144. The Labute approximate surface area is 102 Å². The highest BCUT2D eigenvalue weighted by Crippen LogP contribution is 2.22. The molecule has 0 spiro atoms. The third kappa shape index (κ3) is 2.64. The van der Waals surface area contributed by atoms with E-state index in [0.29, 0.717) is 13.2 Å². The molecular formula is C13H18N2O2. The second-order valence-corrected chi connectivity index (χ2v) is 5.25. The summed E-state index contributed by atoms with van der Waals surface area (Å²) in [6.07, 6.45) is 1.77. The van der Waals surface area contributed by atoms with Gasteiger partial charge in [0.05, 0.1) is 18.5 Å². The van der Waals surface area contributed by atoms with Crippen molar-refractivity contribution < 1.29 is 9.53 Å². The molecule has 1 fully saturated rings. The second kappa shape index (κ2) is 4.45. The van der Waals surface area contributed by atoms with Crippen LogP contribution >= 0.6 is 0 Å². The van der Waals surface area contributed by atoms with E-state index in [1.807, 2.05) is 12.1 Å². The summed E-state index contributed by atoms with van der Waals surface area (Å²) in [7, 11) is 0. The number of hydrogen-bond donors (Lipinski definition) is 0. The first-order chi connectivity index (χ1) is 7.98. The van der Waals surface area contributed by atoms with E-state index in [1.54, 1.807) is 11.1 Å². The first-order valence-electron chi connectivity index (χ1n) is 5.83. The molecule has 17 heavy (non-hydrogen) atoms. The number of pyridine rings is 1. The molecule has 1 aromatic heterocycles. The van der Waals surface area contributed by atoms with Gasteiger partial charge in [-0.15, -0.1) is 0 Å². The monoisotopic (exact) mass is 234 g/mol. The minimum atomic E-state index is 0.00144. The van der Waals surface area contributed by atoms with Gasteiger partial charge in [0.2, 0.25) is 0 Å². The van der Waals surface area contributed by atoms with Gasteiger partial charge in [-0.2, -0.15) is 0 Å². The number of amides is 1. The van der Waals surface area contributed by atoms with E-state index in [2.05, 4.69) is 25.8 Å². The van der Waals surface area contributed by atoms with Crippen molar-refractivity contribution in [3.63, 3.8) is 0 Å². The summed E-state index contributed by atoms with van der Waals surface area (Å²) in [6.45, 7) is 7.72. The van der Waals surface area contributed by atoms with Crippen LogP contribution in [0.5, 0.6) is 0 Å². The average molecular weight is 234 g/mol. The lowest BCUT2D eigenvalue weighted by Crippen LogP contribution is -2.41. The summed E-state index contributed by atoms with van der Waals surface area (Å²) in [5.41, 5.74) is 1.92. The highest BCUT2D eigenvalue weighted by atomic mass is 16.5. The molecular weight excluding hydrogens is 216 g/mol. The predicted molar refractivity (Wildman–Crippen MR) is 66.1 cm³/mol. The molecule has 0 radical (unpaired) electrons. The standard InChI is InChI=1S/C13H18N2O2/c1-13(2,3)11-5-4-10(8-14-11)15-6-7-17-9-12(15)16/h4-5,8H,6-7,9H2,1-3H3. The average Bonchev–Trinajstić information content (AvgIpc) is 2.29. The lowest BCUT2D eigenvalue weighted by Gasteiger charge is -2.27. The number of anilines is 1. The van der Waals surface area contributed by atoms with Crippen molar-refractivity contribution >= 4 is 11.6 Å². The van der Waals surface area contributed by atoms with Gasteiger partial charge in [-0.25, -0.2) is 0 Å². The molecule has 1 aliphatic rings. The van der Waals surface area contributed by atoms with E-state index in [-0.39, 0.29) is 17.9 Å². The number of morpholine rings is 1. The Balaban J connectivity index is 2.20. The van der Waals surface area contributed by atoms with Crippen LogP contribution in [-0.4, -0.2) is 30.6 Å². The van der Waals surface area contributed by atoms with Gasteiger partial charge in [0, 0.05) is 17.7 Å². The minimum Gasteiger partial charge on any atom is -0.370 e. The van der Waals surface area contributed by atoms with Gasteiger partial charge in [-0.3, -0.25) is 9.78 Å². The summed E-state index contributed by atoms with van der Waals surface area (Å²) >= 11 is 0. The highest BCUT2D eigenvalue weighted by molar-refractivity contribution is 5.94. The highest BCUT2D eigenvalue weighted by Gasteiger charge is 2.21. The van der Waals surface area contributed by atoms with Crippen molar-refractivity contribution in [2.75, 3.05) is 24.7 Å². The quantitative estimate of drug-likeness (QED) is 0.743. The fraction of sp³-hybridized carbons (Fsp3) is 0.538. The molecule has 0 saturated carbocycles. The summed E-state index contributed by atoms with van der Waals surface area (Å²) in [5, 5.41) is 0. The van der Waals surface area contributed by atoms with E-state index in [9.17, 15) is 4.79 Å². The van der Waals surface area contributed by atoms with Crippen LogP contribution in [0, 0.1) is 0 Å². The van der Waals surface area contributed by atoms with Crippen LogP contribution in [0.1, 0.15) is 26.5 Å². The SMILES string of the molecule is CC(C)(C)c1ccc(N2CCOCC2=O)cn1. The summed E-state index contributed by atoms with van der Waals surface area (Å²) in [4.78, 5) is 17.8. The van der Waals surface area contributed by atoms with Gasteiger partial charge >= 0.3 is 0 Å². The molecule has 4 heteroatoms. The Kier molecular flexibility index (Phi) is 3.15. The Morgan fingerprint density at radius 1 is 1.35 bits per heavy atom. The summed E-state index contributed by atoms with van der Waals surface area (Å²) in [5.74, 6) is 0.00144. The van der Waals surface area contributed by atoms with E-state index >= 15 is 0 Å². The van der Waals surface area contributed by atoms with Crippen molar-refractivity contribution in [1.82, 2.24) is 4.98 Å². The molecule has 0 aliphatic carbocycles. The zero-order valence-electron chi connectivity index (χ0n) is 10.6. The van der Waals surface area contributed by atoms with E-state index < -0.39 is 0 Å². The van der Waals surface area contributed by atoms with E-state index in [4.69, 9.17) is 4.74 Å². The van der Waals surface area contributed by atoms with Crippen LogP contribution in [-0.2, 0) is 14.9 Å². The largest absolute Gasteiger partial charge is 0.370 e. The number of hydrogen-bond acceptors (Lipinski definition) is 3. The topological polar surface area (TPSA) is 42.4 Å². The van der Waals surface area contributed by atoms with E-state index in [0.717, 1.165) is 11.4 Å². The smallest absolute Gasteiger partial charge is 0.253 e. The number of carbonyl (C=O) groups excluding carboxylic acids is 1. The second-order valence-electron chi connectivity index (χ2n) is 5.25. The number of aromatic nitrogens is 1. The van der Waals surface area contributed by atoms with Gasteiger partial charge in [-0.05, 0) is 12.1 Å². The molecule has 0 unspecified atom stereocenters. The fourth-order valence-corrected chi connectivity index (χ4v) is 1.78. The van der Waals surface area contributed by atoms with Gasteiger partial charge in [-0.1, -0.05) is 20.8 Å². The van der Waals surface area contributed by atoms with Crippen molar-refractivity contribution in [2.45, 2.75) is 26.2 Å². The maximum atomic E-state index is 11.6. The normalized spacial score (nSPS) is 17.4. The molecule has 1 aliphatic heterocycles. The third-order valence-corrected chi connectivity index (χ3v) is 2.81. The van der Waals surface area contributed by atoms with Crippen molar-refractivity contribution in [3.8, 4) is 0 Å².